The van der Waals surface area contributed by atoms with E-state index in [1.807, 2.05) is 6.92 Å². The molecular formula is C21H21FN2O5. The zero-order chi connectivity index (χ0) is 21.1. The molecule has 2 heterocycles. The summed E-state index contributed by atoms with van der Waals surface area (Å²) in [5, 5.41) is 3.97. The second-order valence-corrected chi connectivity index (χ2v) is 6.66. The van der Waals surface area contributed by atoms with Crippen LogP contribution in [0.4, 0.5) is 4.39 Å². The van der Waals surface area contributed by atoms with Gasteiger partial charge in [0.25, 0.3) is 0 Å². The van der Waals surface area contributed by atoms with Gasteiger partial charge in [-0.25, -0.2) is 9.18 Å². The highest BCUT2D eigenvalue weighted by atomic mass is 19.1. The van der Waals surface area contributed by atoms with E-state index in [2.05, 4.69) is 5.16 Å². The maximum atomic E-state index is 12.9. The predicted octanol–water partition coefficient (Wildman–Crippen LogP) is 3.72. The van der Waals surface area contributed by atoms with Crippen molar-refractivity contribution < 1.29 is 28.0 Å². The van der Waals surface area contributed by atoms with Gasteiger partial charge in [0, 0.05) is 23.0 Å². The number of aromatic nitrogens is 2. The van der Waals surface area contributed by atoms with E-state index in [4.69, 9.17) is 14.0 Å². The number of hydrogen-bond donors (Lipinski definition) is 0. The van der Waals surface area contributed by atoms with E-state index >= 15 is 0 Å². The van der Waals surface area contributed by atoms with Gasteiger partial charge in [0.2, 0.25) is 5.78 Å². The van der Waals surface area contributed by atoms with Crippen molar-refractivity contribution in [1.29, 1.82) is 0 Å². The lowest BCUT2D eigenvalue weighted by molar-refractivity contribution is -0.149. The van der Waals surface area contributed by atoms with Crippen LogP contribution in [-0.4, -0.2) is 34.2 Å². The summed E-state index contributed by atoms with van der Waals surface area (Å²) in [6.45, 7) is 6.49. The minimum Gasteiger partial charge on any atom is -0.479 e. The molecule has 2 aromatic heterocycles. The molecule has 0 saturated heterocycles. The SMILES string of the molecule is Cc1cc(-n2c(C)cc(C(=O)COC(=O)[C@@H](C)Oc3ccc(F)cc3)c2C)no1. The summed E-state index contributed by atoms with van der Waals surface area (Å²) in [6, 6.07) is 8.75. The van der Waals surface area contributed by atoms with Gasteiger partial charge in [-0.1, -0.05) is 5.16 Å². The number of aryl methyl sites for hydroxylation is 2. The Bertz CT molecular complexity index is 1040. The Hall–Kier alpha value is -3.42. The van der Waals surface area contributed by atoms with E-state index in [1.54, 1.807) is 30.5 Å². The molecule has 0 unspecified atom stereocenters. The van der Waals surface area contributed by atoms with Gasteiger partial charge >= 0.3 is 5.97 Å². The van der Waals surface area contributed by atoms with Gasteiger partial charge in [-0.3, -0.25) is 9.36 Å². The molecule has 8 heteroatoms. The van der Waals surface area contributed by atoms with Crippen LogP contribution >= 0.6 is 0 Å². The number of esters is 1. The Balaban J connectivity index is 1.63. The molecule has 3 aromatic rings. The molecule has 1 atom stereocenters. The highest BCUT2D eigenvalue weighted by molar-refractivity contribution is 5.99. The minimum absolute atomic E-state index is 0.327. The quantitative estimate of drug-likeness (QED) is 0.444. The summed E-state index contributed by atoms with van der Waals surface area (Å²) in [6.07, 6.45) is -0.946. The molecule has 7 nitrogen and oxygen atoms in total. The maximum absolute atomic E-state index is 12.9. The second kappa shape index (κ2) is 8.30. The van der Waals surface area contributed by atoms with Crippen molar-refractivity contribution in [3.05, 3.63) is 64.9 Å². The Kier molecular flexibility index (Phi) is 5.81. The summed E-state index contributed by atoms with van der Waals surface area (Å²) in [4.78, 5) is 24.7. The van der Waals surface area contributed by atoms with E-state index in [1.165, 1.54) is 31.2 Å². The van der Waals surface area contributed by atoms with E-state index < -0.39 is 24.5 Å². The van der Waals surface area contributed by atoms with Gasteiger partial charge in [-0.05, 0) is 58.0 Å². The first-order valence-electron chi connectivity index (χ1n) is 9.01. The fourth-order valence-corrected chi connectivity index (χ4v) is 2.95. The van der Waals surface area contributed by atoms with E-state index in [9.17, 15) is 14.0 Å². The lowest BCUT2D eigenvalue weighted by Crippen LogP contribution is -2.28. The molecule has 1 aromatic carbocycles. The Morgan fingerprint density at radius 3 is 2.48 bits per heavy atom. The normalized spacial score (nSPS) is 11.9. The summed E-state index contributed by atoms with van der Waals surface area (Å²) in [7, 11) is 0. The van der Waals surface area contributed by atoms with Gasteiger partial charge in [0.05, 0.1) is 0 Å². The average molecular weight is 400 g/mol. The van der Waals surface area contributed by atoms with E-state index in [0.717, 1.165) is 5.69 Å². The van der Waals surface area contributed by atoms with E-state index in [0.29, 0.717) is 28.6 Å². The van der Waals surface area contributed by atoms with Crippen molar-refractivity contribution in [2.75, 3.05) is 6.61 Å². The molecule has 0 fully saturated rings. The van der Waals surface area contributed by atoms with Crippen LogP contribution in [0.1, 0.15) is 34.4 Å². The minimum atomic E-state index is -0.946. The van der Waals surface area contributed by atoms with Crippen LogP contribution in [0.2, 0.25) is 0 Å². The Labute approximate surface area is 167 Å². The van der Waals surface area contributed by atoms with Gasteiger partial charge < -0.3 is 14.0 Å². The summed E-state index contributed by atoms with van der Waals surface area (Å²) in [5.41, 5.74) is 1.91. The number of carbonyl (C=O) groups excluding carboxylic acids is 2. The number of ketones is 1. The predicted molar refractivity (Wildman–Crippen MR) is 102 cm³/mol. The Morgan fingerprint density at radius 1 is 1.17 bits per heavy atom. The van der Waals surface area contributed by atoms with Crippen LogP contribution in [0.15, 0.2) is 40.9 Å². The number of halogens is 1. The molecule has 152 valence electrons. The molecule has 0 radical (unpaired) electrons. The number of nitrogens with zero attached hydrogens (tertiary/aromatic N) is 2. The van der Waals surface area contributed by atoms with Gasteiger partial charge in [-0.15, -0.1) is 0 Å². The molecule has 0 spiro atoms. The number of rotatable bonds is 7. The van der Waals surface area contributed by atoms with Crippen molar-refractivity contribution in [3.63, 3.8) is 0 Å². The first-order valence-corrected chi connectivity index (χ1v) is 9.01. The van der Waals surface area contributed by atoms with Gasteiger partial charge in [0.1, 0.15) is 17.3 Å². The van der Waals surface area contributed by atoms with Crippen molar-refractivity contribution in [3.8, 4) is 11.6 Å². The molecule has 0 saturated carbocycles. The van der Waals surface area contributed by atoms with Crippen molar-refractivity contribution >= 4 is 11.8 Å². The fourth-order valence-electron chi connectivity index (χ4n) is 2.95. The average Bonchev–Trinajstić information content (AvgIpc) is 3.23. The molecule has 0 aliphatic carbocycles. The topological polar surface area (TPSA) is 83.6 Å². The number of carbonyl (C=O) groups is 2. The third-order valence-electron chi connectivity index (χ3n) is 4.38. The third kappa shape index (κ3) is 4.53. The smallest absolute Gasteiger partial charge is 0.347 e. The summed E-state index contributed by atoms with van der Waals surface area (Å²) >= 11 is 0. The number of ether oxygens (including phenoxy) is 2. The van der Waals surface area contributed by atoms with Crippen LogP contribution in [0.3, 0.4) is 0 Å². The van der Waals surface area contributed by atoms with Crippen LogP contribution < -0.4 is 4.74 Å². The monoisotopic (exact) mass is 400 g/mol. The highest BCUT2D eigenvalue weighted by Gasteiger charge is 2.22. The maximum Gasteiger partial charge on any atom is 0.347 e. The largest absolute Gasteiger partial charge is 0.479 e. The highest BCUT2D eigenvalue weighted by Crippen LogP contribution is 2.21. The van der Waals surface area contributed by atoms with Crippen LogP contribution in [0, 0.1) is 26.6 Å². The molecule has 0 N–H and O–H groups in total. The molecular weight excluding hydrogens is 379 g/mol. The van der Waals surface area contributed by atoms with Crippen molar-refractivity contribution in [2.24, 2.45) is 0 Å². The molecule has 3 rings (SSSR count). The number of benzene rings is 1. The lowest BCUT2D eigenvalue weighted by atomic mass is 10.1. The van der Waals surface area contributed by atoms with Crippen LogP contribution in [0.25, 0.3) is 5.82 Å². The standard InChI is InChI=1S/C21H21FN2O5/c1-12-9-18(14(3)24(12)20-10-13(2)29-23-20)19(25)11-27-21(26)15(4)28-17-7-5-16(22)6-8-17/h5-10,15H,11H2,1-4H3/t15-/m1/s1. The zero-order valence-electron chi connectivity index (χ0n) is 16.6. The van der Waals surface area contributed by atoms with Crippen molar-refractivity contribution in [1.82, 2.24) is 9.72 Å². The summed E-state index contributed by atoms with van der Waals surface area (Å²) < 4.78 is 30.3. The summed E-state index contributed by atoms with van der Waals surface area (Å²) in [5.74, 6) is 0.125. The van der Waals surface area contributed by atoms with Crippen LogP contribution in [-0.2, 0) is 9.53 Å². The Morgan fingerprint density at radius 2 is 1.86 bits per heavy atom. The second-order valence-electron chi connectivity index (χ2n) is 6.66. The zero-order valence-corrected chi connectivity index (χ0v) is 16.6. The number of hydrogen-bond acceptors (Lipinski definition) is 6. The molecule has 0 bridgehead atoms. The van der Waals surface area contributed by atoms with E-state index in [-0.39, 0.29) is 5.78 Å². The van der Waals surface area contributed by atoms with Gasteiger partial charge in [-0.2, -0.15) is 0 Å². The third-order valence-corrected chi connectivity index (χ3v) is 4.38. The number of Topliss-reactive ketones (excluding diaryl/α,β-unsaturated/α-hetero) is 1. The fraction of sp³-hybridized carbons (Fsp3) is 0.286. The molecule has 29 heavy (non-hydrogen) atoms. The van der Waals surface area contributed by atoms with Crippen molar-refractivity contribution in [2.45, 2.75) is 33.8 Å². The molecule has 0 aliphatic rings. The van der Waals surface area contributed by atoms with Crippen LogP contribution in [0.5, 0.6) is 5.75 Å². The first kappa shape index (κ1) is 20.3. The lowest BCUT2D eigenvalue weighted by Gasteiger charge is -2.13. The molecule has 0 aliphatic heterocycles. The molecule has 0 amide bonds. The van der Waals surface area contributed by atoms with Gasteiger partial charge in [0.15, 0.2) is 18.5 Å². The first-order chi connectivity index (χ1) is 13.8.